The third-order valence-electron chi connectivity index (χ3n) is 3.65. The minimum absolute atomic E-state index is 0.0959. The van der Waals surface area contributed by atoms with Crippen LogP contribution in [0.3, 0.4) is 0 Å². The zero-order valence-electron chi connectivity index (χ0n) is 13.6. The lowest BCUT2D eigenvalue weighted by atomic mass is 10.0. The molecular formula is C17H28N2O2. The molecule has 0 aromatic heterocycles. The van der Waals surface area contributed by atoms with E-state index < -0.39 is 0 Å². The Bertz CT molecular complexity index is 446. The van der Waals surface area contributed by atoms with Crippen LogP contribution in [0.2, 0.25) is 0 Å². The van der Waals surface area contributed by atoms with E-state index in [1.54, 1.807) is 4.90 Å². The number of aryl methyl sites for hydroxylation is 1. The van der Waals surface area contributed by atoms with E-state index in [1.807, 2.05) is 38.2 Å². The van der Waals surface area contributed by atoms with Crippen LogP contribution in [-0.4, -0.2) is 37.0 Å². The van der Waals surface area contributed by atoms with Crippen LogP contribution in [0, 0.1) is 12.8 Å². The summed E-state index contributed by atoms with van der Waals surface area (Å²) in [5, 5.41) is 0. The Morgan fingerprint density at radius 2 is 2.10 bits per heavy atom. The van der Waals surface area contributed by atoms with Crippen LogP contribution in [0.1, 0.15) is 32.3 Å². The molecule has 1 aromatic carbocycles. The fourth-order valence-corrected chi connectivity index (χ4v) is 1.95. The Labute approximate surface area is 128 Å². The van der Waals surface area contributed by atoms with Crippen LogP contribution < -0.4 is 10.5 Å². The Kier molecular flexibility index (Phi) is 7.23. The molecule has 4 heteroatoms. The van der Waals surface area contributed by atoms with Crippen molar-refractivity contribution in [1.82, 2.24) is 4.90 Å². The van der Waals surface area contributed by atoms with Crippen LogP contribution in [0.4, 0.5) is 0 Å². The third kappa shape index (κ3) is 6.63. The summed E-state index contributed by atoms with van der Waals surface area (Å²) in [6, 6.07) is 7.98. The maximum absolute atomic E-state index is 12.0. The van der Waals surface area contributed by atoms with Crippen molar-refractivity contribution >= 4 is 5.91 Å². The summed E-state index contributed by atoms with van der Waals surface area (Å²) in [6.45, 7) is 7.32. The smallest absolute Gasteiger partial charge is 0.225 e. The maximum atomic E-state index is 12.0. The minimum atomic E-state index is 0.0959. The van der Waals surface area contributed by atoms with Crippen molar-refractivity contribution in [1.29, 1.82) is 0 Å². The zero-order valence-corrected chi connectivity index (χ0v) is 13.6. The SMILES string of the molecule is Cc1cccc(OCCC(=O)N(C)CCC(N)C(C)C)c1. The molecule has 0 bridgehead atoms. The summed E-state index contributed by atoms with van der Waals surface area (Å²) in [7, 11) is 1.82. The molecule has 0 radical (unpaired) electrons. The quantitative estimate of drug-likeness (QED) is 0.801. The molecule has 2 N–H and O–H groups in total. The van der Waals surface area contributed by atoms with Gasteiger partial charge < -0.3 is 15.4 Å². The predicted molar refractivity (Wildman–Crippen MR) is 86.4 cm³/mol. The number of nitrogens with two attached hydrogens (primary N) is 1. The average molecular weight is 292 g/mol. The summed E-state index contributed by atoms with van der Waals surface area (Å²) in [5.41, 5.74) is 7.14. The molecule has 0 heterocycles. The highest BCUT2D eigenvalue weighted by molar-refractivity contribution is 5.75. The highest BCUT2D eigenvalue weighted by atomic mass is 16.5. The lowest BCUT2D eigenvalue weighted by molar-refractivity contribution is -0.130. The monoisotopic (exact) mass is 292 g/mol. The van der Waals surface area contributed by atoms with E-state index in [9.17, 15) is 4.79 Å². The normalized spacial score (nSPS) is 12.3. The molecule has 118 valence electrons. The fourth-order valence-electron chi connectivity index (χ4n) is 1.95. The van der Waals surface area contributed by atoms with E-state index in [-0.39, 0.29) is 11.9 Å². The minimum Gasteiger partial charge on any atom is -0.493 e. The van der Waals surface area contributed by atoms with Crippen molar-refractivity contribution in [3.05, 3.63) is 29.8 Å². The van der Waals surface area contributed by atoms with Crippen molar-refractivity contribution < 1.29 is 9.53 Å². The molecule has 0 saturated carbocycles. The molecule has 21 heavy (non-hydrogen) atoms. The van der Waals surface area contributed by atoms with E-state index >= 15 is 0 Å². The number of hydrogen-bond donors (Lipinski definition) is 1. The molecule has 0 fully saturated rings. The second-order valence-electron chi connectivity index (χ2n) is 5.93. The second-order valence-corrected chi connectivity index (χ2v) is 5.93. The van der Waals surface area contributed by atoms with Gasteiger partial charge in [-0.05, 0) is 37.0 Å². The lowest BCUT2D eigenvalue weighted by Gasteiger charge is -2.21. The highest BCUT2D eigenvalue weighted by Crippen LogP contribution is 2.12. The molecule has 4 nitrogen and oxygen atoms in total. The average Bonchev–Trinajstić information content (AvgIpc) is 2.44. The summed E-state index contributed by atoms with van der Waals surface area (Å²) >= 11 is 0. The van der Waals surface area contributed by atoms with Crippen molar-refractivity contribution in [3.63, 3.8) is 0 Å². The number of ether oxygens (including phenoxy) is 1. The van der Waals surface area contributed by atoms with Gasteiger partial charge >= 0.3 is 0 Å². The van der Waals surface area contributed by atoms with E-state index in [2.05, 4.69) is 13.8 Å². The van der Waals surface area contributed by atoms with Crippen LogP contribution in [0.25, 0.3) is 0 Å². The van der Waals surface area contributed by atoms with Crippen LogP contribution in [0.5, 0.6) is 5.75 Å². The molecule has 1 unspecified atom stereocenters. The Hall–Kier alpha value is -1.55. The number of nitrogens with zero attached hydrogens (tertiary/aromatic N) is 1. The Balaban J connectivity index is 2.26. The van der Waals surface area contributed by atoms with Gasteiger partial charge in [-0.3, -0.25) is 4.79 Å². The number of benzene rings is 1. The van der Waals surface area contributed by atoms with E-state index in [1.165, 1.54) is 0 Å². The molecule has 1 rings (SSSR count). The van der Waals surface area contributed by atoms with Crippen molar-refractivity contribution in [2.24, 2.45) is 11.7 Å². The standard InChI is InChI=1S/C17H28N2O2/c1-13(2)16(18)8-10-19(4)17(20)9-11-21-15-7-5-6-14(3)12-15/h5-7,12-13,16H,8-11,18H2,1-4H3. The van der Waals surface area contributed by atoms with Gasteiger partial charge in [-0.15, -0.1) is 0 Å². The van der Waals surface area contributed by atoms with Crippen LogP contribution >= 0.6 is 0 Å². The summed E-state index contributed by atoms with van der Waals surface area (Å²) in [5.74, 6) is 1.35. The van der Waals surface area contributed by atoms with Crippen molar-refractivity contribution in [2.45, 2.75) is 39.7 Å². The van der Waals surface area contributed by atoms with Gasteiger partial charge in [-0.25, -0.2) is 0 Å². The number of carbonyl (C=O) groups excluding carboxylic acids is 1. The first-order chi connectivity index (χ1) is 9.90. The van der Waals surface area contributed by atoms with Gasteiger partial charge in [-0.1, -0.05) is 26.0 Å². The highest BCUT2D eigenvalue weighted by Gasteiger charge is 2.12. The van der Waals surface area contributed by atoms with Gasteiger partial charge in [-0.2, -0.15) is 0 Å². The molecule has 0 aliphatic heterocycles. The molecule has 0 aliphatic carbocycles. The molecular weight excluding hydrogens is 264 g/mol. The topological polar surface area (TPSA) is 55.6 Å². The molecule has 0 aliphatic rings. The van der Waals surface area contributed by atoms with Crippen molar-refractivity contribution in [2.75, 3.05) is 20.2 Å². The number of amides is 1. The van der Waals surface area contributed by atoms with Gasteiger partial charge in [0.15, 0.2) is 0 Å². The van der Waals surface area contributed by atoms with Gasteiger partial charge in [0.25, 0.3) is 0 Å². The summed E-state index contributed by atoms with van der Waals surface area (Å²) in [6.07, 6.45) is 1.22. The van der Waals surface area contributed by atoms with Gasteiger partial charge in [0, 0.05) is 19.6 Å². The second kappa shape index (κ2) is 8.67. The van der Waals surface area contributed by atoms with Gasteiger partial charge in [0.2, 0.25) is 5.91 Å². The van der Waals surface area contributed by atoms with Crippen LogP contribution in [-0.2, 0) is 4.79 Å². The van der Waals surface area contributed by atoms with E-state index in [4.69, 9.17) is 10.5 Å². The molecule has 0 spiro atoms. The Morgan fingerprint density at radius 3 is 2.71 bits per heavy atom. The van der Waals surface area contributed by atoms with Crippen LogP contribution in [0.15, 0.2) is 24.3 Å². The fraction of sp³-hybridized carbons (Fsp3) is 0.588. The van der Waals surface area contributed by atoms with Crippen molar-refractivity contribution in [3.8, 4) is 5.75 Å². The maximum Gasteiger partial charge on any atom is 0.225 e. The first kappa shape index (κ1) is 17.5. The van der Waals surface area contributed by atoms with Gasteiger partial charge in [0.1, 0.15) is 5.75 Å². The predicted octanol–water partition coefficient (Wildman–Crippen LogP) is 2.60. The van der Waals surface area contributed by atoms with E-state index in [0.717, 1.165) is 17.7 Å². The van der Waals surface area contributed by atoms with Gasteiger partial charge in [0.05, 0.1) is 13.0 Å². The first-order valence-electron chi connectivity index (χ1n) is 7.59. The lowest BCUT2D eigenvalue weighted by Crippen LogP contribution is -2.35. The third-order valence-corrected chi connectivity index (χ3v) is 3.65. The Morgan fingerprint density at radius 1 is 1.38 bits per heavy atom. The molecule has 1 atom stereocenters. The number of rotatable bonds is 8. The van der Waals surface area contributed by atoms with E-state index in [0.29, 0.717) is 25.5 Å². The molecule has 1 amide bonds. The zero-order chi connectivity index (χ0) is 15.8. The first-order valence-corrected chi connectivity index (χ1v) is 7.59. The molecule has 1 aromatic rings. The number of hydrogen-bond acceptors (Lipinski definition) is 3. The summed E-state index contributed by atoms with van der Waals surface area (Å²) < 4.78 is 5.60. The largest absolute Gasteiger partial charge is 0.493 e. The summed E-state index contributed by atoms with van der Waals surface area (Å²) in [4.78, 5) is 13.7. The number of carbonyl (C=O) groups is 1. The molecule has 0 saturated heterocycles.